The van der Waals surface area contributed by atoms with Gasteiger partial charge in [0.15, 0.2) is 5.78 Å². The number of rotatable bonds is 7. The van der Waals surface area contributed by atoms with Gasteiger partial charge in [-0.1, -0.05) is 55.5 Å². The van der Waals surface area contributed by atoms with Gasteiger partial charge in [0.2, 0.25) is 5.91 Å². The molecule has 4 saturated heterocycles. The lowest BCUT2D eigenvalue weighted by molar-refractivity contribution is -1.09. The quantitative estimate of drug-likeness (QED) is 0.246. The average Bonchev–Trinajstić information content (AvgIpc) is 3.45. The average molecular weight is 606 g/mol. The van der Waals surface area contributed by atoms with Gasteiger partial charge in [0.05, 0.1) is 18.1 Å². The number of β-lactam (4-membered cyclic amide) rings is 1. The third-order valence-corrected chi connectivity index (χ3v) is 11.6. The normalized spacial score (nSPS) is 30.2. The third kappa shape index (κ3) is 4.19. The van der Waals surface area contributed by atoms with Gasteiger partial charge in [0, 0.05) is 28.2 Å². The summed E-state index contributed by atoms with van der Waals surface area (Å²) in [4.78, 5) is 40.2. The lowest BCUT2D eigenvalue weighted by Gasteiger charge is -2.55. The number of nitrogens with zero attached hydrogens (tertiary/aromatic N) is 3. The number of carboxylic acid groups (broad SMARTS) is 1. The van der Waals surface area contributed by atoms with Crippen molar-refractivity contribution in [3.05, 3.63) is 100 Å². The number of hydrogen-bond acceptors (Lipinski definition) is 4. The maximum absolute atomic E-state index is 13.7. The molecule has 4 atom stereocenters. The maximum atomic E-state index is 13.7. The Labute approximate surface area is 263 Å². The van der Waals surface area contributed by atoms with Crippen LogP contribution in [0.5, 0.6) is 0 Å². The Hall–Kier alpha value is -4.11. The maximum Gasteiger partial charge on any atom is 0.352 e. The van der Waals surface area contributed by atoms with Gasteiger partial charge in [-0.15, -0.1) is 0 Å². The zero-order chi connectivity index (χ0) is 31.2. The number of carboxylic acids is 1. The molecular formula is C37H39N3O5+2. The van der Waals surface area contributed by atoms with Crippen molar-refractivity contribution in [2.24, 2.45) is 11.8 Å². The van der Waals surface area contributed by atoms with Crippen LogP contribution in [-0.2, 0) is 22.7 Å². The van der Waals surface area contributed by atoms with E-state index in [1.54, 1.807) is 13.0 Å². The monoisotopic (exact) mass is 605 g/mol. The molecule has 2 bridgehead atoms. The summed E-state index contributed by atoms with van der Waals surface area (Å²) >= 11 is 0. The highest BCUT2D eigenvalue weighted by atomic mass is 16.4. The fraction of sp³-hybridized carbons (Fsp3) is 0.378. The Kier molecular flexibility index (Phi) is 6.27. The van der Waals surface area contributed by atoms with E-state index >= 15 is 0 Å². The van der Waals surface area contributed by atoms with Gasteiger partial charge in [-0.2, -0.15) is 0 Å². The largest absolute Gasteiger partial charge is 0.477 e. The summed E-state index contributed by atoms with van der Waals surface area (Å²) in [6, 6.07) is 22.3. The van der Waals surface area contributed by atoms with Crippen LogP contribution in [0.15, 0.2) is 72.4 Å². The molecule has 9 rings (SSSR count). The van der Waals surface area contributed by atoms with Crippen molar-refractivity contribution in [2.45, 2.75) is 39.1 Å². The standard InChI is InChI=1S/C37H38N3O5/c1-22-31(34(37(44)45)38-33(22)32(23(2)41)36(38)43)26-9-11-27-29-18-25(8-10-28(29)35(42)30(27)19-26)21-40-15-12-39(13-16-40,14-17-40)20-24-6-4-3-5-7-24/h3-11,18-19,22-23,32-33,41H,12-17,20-21H2,1-2H3/q+1/p+1/t22-,23+,32+,33+,39?,40?/m0/s1. The predicted octanol–water partition coefficient (Wildman–Crippen LogP) is 3.91. The number of benzene rings is 3. The molecule has 4 fully saturated rings. The van der Waals surface area contributed by atoms with E-state index in [0.29, 0.717) is 22.3 Å². The first-order chi connectivity index (χ1) is 21.6. The number of carbonyl (C=O) groups excluding carboxylic acids is 2. The van der Waals surface area contributed by atoms with Crippen molar-refractivity contribution in [1.82, 2.24) is 4.90 Å². The van der Waals surface area contributed by atoms with E-state index in [9.17, 15) is 24.6 Å². The molecule has 0 aromatic heterocycles. The third-order valence-electron chi connectivity index (χ3n) is 11.6. The lowest BCUT2D eigenvalue weighted by atomic mass is 9.76. The number of aliphatic hydroxyl groups is 1. The van der Waals surface area contributed by atoms with E-state index in [-0.39, 0.29) is 23.3 Å². The van der Waals surface area contributed by atoms with E-state index in [2.05, 4.69) is 42.5 Å². The second-order valence-corrected chi connectivity index (χ2v) is 14.1. The minimum Gasteiger partial charge on any atom is -0.477 e. The molecule has 0 saturated carbocycles. The highest BCUT2D eigenvalue weighted by Crippen LogP contribution is 2.51. The summed E-state index contributed by atoms with van der Waals surface area (Å²) in [5, 5.41) is 20.3. The van der Waals surface area contributed by atoms with E-state index < -0.39 is 24.0 Å². The van der Waals surface area contributed by atoms with Crippen LogP contribution in [0.2, 0.25) is 0 Å². The van der Waals surface area contributed by atoms with E-state index in [1.807, 2.05) is 25.1 Å². The lowest BCUT2D eigenvalue weighted by Crippen LogP contribution is -2.74. The molecule has 8 heteroatoms. The van der Waals surface area contributed by atoms with Gasteiger partial charge in [-0.3, -0.25) is 9.59 Å². The van der Waals surface area contributed by atoms with E-state index in [1.165, 1.54) is 59.8 Å². The molecule has 230 valence electrons. The van der Waals surface area contributed by atoms with Crippen LogP contribution in [0.3, 0.4) is 0 Å². The van der Waals surface area contributed by atoms with Crippen molar-refractivity contribution >= 4 is 23.2 Å². The van der Waals surface area contributed by atoms with E-state index in [0.717, 1.165) is 28.7 Å². The second-order valence-electron chi connectivity index (χ2n) is 14.1. The van der Waals surface area contributed by atoms with Gasteiger partial charge < -0.3 is 24.1 Å². The minimum absolute atomic E-state index is 0.0389. The SMILES string of the molecule is C[C@@H](O)[C@H]1C(=O)N2C(C(=O)O)=C(c3ccc4c(c3)C(=O)c3ccc(C[N+]56CC[N+](Cc7ccccc7)(CC5)CC6)cc3-4)[C@H](C)[C@H]12. The number of carbonyl (C=O) groups is 3. The molecule has 0 spiro atoms. The second kappa shape index (κ2) is 9.94. The van der Waals surface area contributed by atoms with Gasteiger partial charge in [0.25, 0.3) is 0 Å². The van der Waals surface area contributed by atoms with E-state index in [4.69, 9.17) is 0 Å². The van der Waals surface area contributed by atoms with Crippen LogP contribution >= 0.6 is 0 Å². The van der Waals surface area contributed by atoms with Gasteiger partial charge in [0.1, 0.15) is 58.1 Å². The number of quaternary nitrogens is 2. The molecule has 45 heavy (non-hydrogen) atoms. The van der Waals surface area contributed by atoms with Crippen molar-refractivity contribution in [3.8, 4) is 11.1 Å². The molecule has 1 aliphatic carbocycles. The Morgan fingerprint density at radius 2 is 1.44 bits per heavy atom. The summed E-state index contributed by atoms with van der Waals surface area (Å²) in [5.74, 6) is -2.50. The molecule has 3 aromatic rings. The van der Waals surface area contributed by atoms with Gasteiger partial charge >= 0.3 is 5.97 Å². The number of piperazine rings is 3. The smallest absolute Gasteiger partial charge is 0.352 e. The zero-order valence-corrected chi connectivity index (χ0v) is 25.8. The summed E-state index contributed by atoms with van der Waals surface area (Å²) in [5.41, 5.74) is 6.89. The van der Waals surface area contributed by atoms with Crippen LogP contribution in [0.1, 0.15) is 46.5 Å². The van der Waals surface area contributed by atoms with Crippen molar-refractivity contribution in [3.63, 3.8) is 0 Å². The van der Waals surface area contributed by atoms with Crippen LogP contribution in [0, 0.1) is 11.8 Å². The van der Waals surface area contributed by atoms with Crippen LogP contribution < -0.4 is 0 Å². The molecule has 1 amide bonds. The first-order valence-electron chi connectivity index (χ1n) is 16.2. The molecule has 2 N–H and O–H groups in total. The number of aliphatic carboxylic acids is 1. The van der Waals surface area contributed by atoms with Crippen molar-refractivity contribution in [2.75, 3.05) is 39.3 Å². The Bertz CT molecular complexity index is 1790. The molecule has 0 unspecified atom stereocenters. The number of amides is 1. The van der Waals surface area contributed by atoms with Crippen molar-refractivity contribution < 1.29 is 33.6 Å². The minimum atomic E-state index is -1.17. The first kappa shape index (κ1) is 28.4. The number of hydrogen-bond donors (Lipinski definition) is 2. The number of ketones is 1. The molecule has 6 aliphatic rings. The molecule has 3 aromatic carbocycles. The topological polar surface area (TPSA) is 94.9 Å². The first-order valence-corrected chi connectivity index (χ1v) is 16.2. The Morgan fingerprint density at radius 3 is 2.07 bits per heavy atom. The number of fused-ring (bicyclic) bond motifs is 7. The zero-order valence-electron chi connectivity index (χ0n) is 25.8. The summed E-state index contributed by atoms with van der Waals surface area (Å²) in [6.07, 6.45) is -0.864. The molecule has 5 heterocycles. The summed E-state index contributed by atoms with van der Waals surface area (Å²) < 4.78 is 2.28. The molecular weight excluding hydrogens is 566 g/mol. The number of aliphatic hydroxyl groups excluding tert-OH is 1. The van der Waals surface area contributed by atoms with Crippen molar-refractivity contribution in [1.29, 1.82) is 0 Å². The summed E-state index contributed by atoms with van der Waals surface area (Å²) in [6.45, 7) is 12.6. The summed E-state index contributed by atoms with van der Waals surface area (Å²) in [7, 11) is 0. The fourth-order valence-electron chi connectivity index (χ4n) is 9.12. The van der Waals surface area contributed by atoms with Crippen LogP contribution in [0.25, 0.3) is 16.7 Å². The van der Waals surface area contributed by atoms with Gasteiger partial charge in [-0.25, -0.2) is 4.79 Å². The highest BCUT2D eigenvalue weighted by molar-refractivity contribution is 6.22. The Morgan fingerprint density at radius 1 is 0.822 bits per heavy atom. The van der Waals surface area contributed by atoms with Crippen LogP contribution in [0.4, 0.5) is 0 Å². The predicted molar refractivity (Wildman–Crippen MR) is 168 cm³/mol. The molecule has 8 nitrogen and oxygen atoms in total. The highest BCUT2D eigenvalue weighted by Gasteiger charge is 2.60. The van der Waals surface area contributed by atoms with Crippen LogP contribution in [-0.4, -0.2) is 93.2 Å². The Balaban J connectivity index is 1.05. The fourth-order valence-corrected chi connectivity index (χ4v) is 9.12. The molecule has 5 aliphatic heterocycles. The molecule has 0 radical (unpaired) electrons. The van der Waals surface area contributed by atoms with Gasteiger partial charge in [-0.05, 0) is 47.4 Å².